The molecule has 25 heavy (non-hydrogen) atoms. The van der Waals surface area contributed by atoms with Gasteiger partial charge >= 0.3 is 5.97 Å². The summed E-state index contributed by atoms with van der Waals surface area (Å²) in [5.74, 6) is 0.670. The molecule has 1 heterocycles. The maximum Gasteiger partial charge on any atom is 0.328 e. The zero-order chi connectivity index (χ0) is 18.2. The van der Waals surface area contributed by atoms with E-state index in [1.165, 1.54) is 7.11 Å². The first kappa shape index (κ1) is 18.6. The Morgan fingerprint density at radius 2 is 1.84 bits per heavy atom. The van der Waals surface area contributed by atoms with Crippen molar-refractivity contribution in [1.29, 1.82) is 0 Å². The van der Waals surface area contributed by atoms with Gasteiger partial charge < -0.3 is 19.2 Å². The van der Waals surface area contributed by atoms with Crippen LogP contribution in [0, 0.1) is 5.92 Å². The largest absolute Gasteiger partial charge is 0.486 e. The van der Waals surface area contributed by atoms with Crippen LogP contribution in [0.1, 0.15) is 36.6 Å². The van der Waals surface area contributed by atoms with E-state index in [0.29, 0.717) is 17.9 Å². The number of amides is 1. The first-order chi connectivity index (χ1) is 12.0. The van der Waals surface area contributed by atoms with Gasteiger partial charge in [-0.1, -0.05) is 32.0 Å². The van der Waals surface area contributed by atoms with E-state index in [4.69, 9.17) is 13.9 Å². The Morgan fingerprint density at radius 3 is 2.48 bits per heavy atom. The topological polar surface area (TPSA) is 77.8 Å². The smallest absolute Gasteiger partial charge is 0.328 e. The van der Waals surface area contributed by atoms with E-state index in [0.717, 1.165) is 0 Å². The number of carbonyl (C=O) groups is 2. The number of nitrogens with one attached hydrogen (secondary N) is 1. The summed E-state index contributed by atoms with van der Waals surface area (Å²) < 4.78 is 15.8. The summed E-state index contributed by atoms with van der Waals surface area (Å²) in [6, 6.07) is 11.8. The van der Waals surface area contributed by atoms with E-state index in [-0.39, 0.29) is 18.3 Å². The van der Waals surface area contributed by atoms with Crippen LogP contribution in [0.15, 0.2) is 46.9 Å². The van der Waals surface area contributed by atoms with Crippen LogP contribution in [0.2, 0.25) is 0 Å². The van der Waals surface area contributed by atoms with Gasteiger partial charge in [-0.25, -0.2) is 4.79 Å². The number of benzene rings is 1. The summed E-state index contributed by atoms with van der Waals surface area (Å²) in [5, 5.41) is 2.65. The van der Waals surface area contributed by atoms with E-state index in [1.54, 1.807) is 12.1 Å². The molecule has 0 unspecified atom stereocenters. The van der Waals surface area contributed by atoms with Crippen molar-refractivity contribution in [3.05, 3.63) is 54.0 Å². The van der Waals surface area contributed by atoms with Gasteiger partial charge in [-0.05, 0) is 36.6 Å². The second kappa shape index (κ2) is 8.92. The normalized spacial score (nSPS) is 11.8. The highest BCUT2D eigenvalue weighted by Gasteiger charge is 2.24. The third-order valence-corrected chi connectivity index (χ3v) is 3.51. The lowest BCUT2D eigenvalue weighted by Gasteiger charge is -2.17. The minimum atomic E-state index is -0.702. The van der Waals surface area contributed by atoms with Crippen LogP contribution < -0.4 is 10.1 Å². The minimum Gasteiger partial charge on any atom is -0.486 e. The number of rotatable bonds is 8. The summed E-state index contributed by atoms with van der Waals surface area (Å²) in [4.78, 5) is 24.1. The Balaban J connectivity index is 1.95. The van der Waals surface area contributed by atoms with Crippen molar-refractivity contribution in [2.45, 2.75) is 32.9 Å². The molecule has 0 aliphatic rings. The molecule has 0 aliphatic carbocycles. The Hall–Kier alpha value is -2.76. The fraction of sp³-hybridized carbons (Fsp3) is 0.368. The molecule has 2 rings (SSSR count). The molecule has 1 atom stereocenters. The van der Waals surface area contributed by atoms with Crippen molar-refractivity contribution < 1.29 is 23.5 Å². The van der Waals surface area contributed by atoms with Gasteiger partial charge in [0.05, 0.1) is 7.11 Å². The van der Waals surface area contributed by atoms with Crippen LogP contribution in [-0.2, 0) is 16.1 Å². The van der Waals surface area contributed by atoms with Crippen LogP contribution in [0.5, 0.6) is 5.75 Å². The maximum atomic E-state index is 12.3. The van der Waals surface area contributed by atoms with Crippen LogP contribution >= 0.6 is 0 Å². The fourth-order valence-electron chi connectivity index (χ4n) is 2.31. The molecule has 0 radical (unpaired) electrons. The lowest BCUT2D eigenvalue weighted by molar-refractivity contribution is -0.143. The molecule has 2 aromatic rings. The summed E-state index contributed by atoms with van der Waals surface area (Å²) in [6.45, 7) is 4.14. The van der Waals surface area contributed by atoms with Gasteiger partial charge in [-0.15, -0.1) is 0 Å². The average Bonchev–Trinajstić information content (AvgIpc) is 3.08. The standard InChI is InChI=1S/C19H23NO5/c1-13(2)11-16(19(22)23-3)20-18(21)17-10-9-15(25-17)12-24-14-7-5-4-6-8-14/h4-10,13,16H,11-12H2,1-3H3,(H,20,21)/t16-/m1/s1. The van der Waals surface area contributed by atoms with Crippen molar-refractivity contribution in [3.63, 3.8) is 0 Å². The monoisotopic (exact) mass is 345 g/mol. The van der Waals surface area contributed by atoms with Crippen molar-refractivity contribution in [2.24, 2.45) is 5.92 Å². The SMILES string of the molecule is COC(=O)[C@@H](CC(C)C)NC(=O)c1ccc(COc2ccccc2)o1. The molecule has 1 aromatic heterocycles. The van der Waals surface area contributed by atoms with Crippen molar-refractivity contribution in [1.82, 2.24) is 5.32 Å². The molecule has 134 valence electrons. The molecule has 0 fully saturated rings. The quantitative estimate of drug-likeness (QED) is 0.744. The third kappa shape index (κ3) is 5.67. The Labute approximate surface area is 147 Å². The number of furan rings is 1. The summed E-state index contributed by atoms with van der Waals surface area (Å²) in [5.41, 5.74) is 0. The molecule has 6 heteroatoms. The first-order valence-corrected chi connectivity index (χ1v) is 8.15. The van der Waals surface area contributed by atoms with Gasteiger partial charge in [0.25, 0.3) is 5.91 Å². The van der Waals surface area contributed by atoms with Gasteiger partial charge in [0.2, 0.25) is 0 Å². The molecule has 1 N–H and O–H groups in total. The summed E-state index contributed by atoms with van der Waals surface area (Å²) in [7, 11) is 1.30. The van der Waals surface area contributed by atoms with Gasteiger partial charge in [-0.3, -0.25) is 4.79 Å². The van der Waals surface area contributed by atoms with E-state index in [9.17, 15) is 9.59 Å². The fourth-order valence-corrected chi connectivity index (χ4v) is 2.31. The van der Waals surface area contributed by atoms with Crippen molar-refractivity contribution in [3.8, 4) is 5.75 Å². The lowest BCUT2D eigenvalue weighted by Crippen LogP contribution is -2.42. The summed E-state index contributed by atoms with van der Waals surface area (Å²) in [6.07, 6.45) is 0.489. The molecule has 1 aromatic carbocycles. The van der Waals surface area contributed by atoms with E-state index in [1.807, 2.05) is 44.2 Å². The zero-order valence-electron chi connectivity index (χ0n) is 14.7. The third-order valence-electron chi connectivity index (χ3n) is 3.51. The molecule has 1 amide bonds. The minimum absolute atomic E-state index is 0.129. The molecule has 0 saturated carbocycles. The van der Waals surface area contributed by atoms with Gasteiger partial charge in [0.1, 0.15) is 24.2 Å². The molecule has 6 nitrogen and oxygen atoms in total. The second-order valence-corrected chi connectivity index (χ2v) is 6.05. The second-order valence-electron chi connectivity index (χ2n) is 6.05. The highest BCUT2D eigenvalue weighted by atomic mass is 16.5. The highest BCUT2D eigenvalue weighted by Crippen LogP contribution is 2.14. The predicted molar refractivity (Wildman–Crippen MR) is 92.2 cm³/mol. The Kier molecular flexibility index (Phi) is 6.62. The van der Waals surface area contributed by atoms with E-state index >= 15 is 0 Å². The highest BCUT2D eigenvalue weighted by molar-refractivity contribution is 5.94. The first-order valence-electron chi connectivity index (χ1n) is 8.15. The van der Waals surface area contributed by atoms with Crippen molar-refractivity contribution in [2.75, 3.05) is 7.11 Å². The molecule has 0 aliphatic heterocycles. The number of esters is 1. The number of ether oxygens (including phenoxy) is 2. The number of para-hydroxylation sites is 1. The molecular weight excluding hydrogens is 322 g/mol. The average molecular weight is 345 g/mol. The Morgan fingerprint density at radius 1 is 1.12 bits per heavy atom. The molecule has 0 spiro atoms. The van der Waals surface area contributed by atoms with Gasteiger partial charge in [0, 0.05) is 0 Å². The molecule has 0 bridgehead atoms. The molecule has 0 saturated heterocycles. The number of hydrogen-bond donors (Lipinski definition) is 1. The van der Waals surface area contributed by atoms with Crippen LogP contribution in [0.25, 0.3) is 0 Å². The zero-order valence-corrected chi connectivity index (χ0v) is 14.7. The lowest BCUT2D eigenvalue weighted by atomic mass is 10.0. The van der Waals surface area contributed by atoms with Crippen LogP contribution in [0.4, 0.5) is 0 Å². The van der Waals surface area contributed by atoms with Crippen molar-refractivity contribution >= 4 is 11.9 Å². The number of methoxy groups -OCH3 is 1. The van der Waals surface area contributed by atoms with E-state index in [2.05, 4.69) is 5.32 Å². The van der Waals surface area contributed by atoms with E-state index < -0.39 is 17.9 Å². The Bertz CT molecular complexity index is 693. The van der Waals surface area contributed by atoms with Crippen LogP contribution in [0.3, 0.4) is 0 Å². The predicted octanol–water partition coefficient (Wildman–Crippen LogP) is 3.18. The summed E-state index contributed by atoms with van der Waals surface area (Å²) >= 11 is 0. The number of hydrogen-bond acceptors (Lipinski definition) is 5. The van der Waals surface area contributed by atoms with Gasteiger partial charge in [0.15, 0.2) is 5.76 Å². The maximum absolute atomic E-state index is 12.3. The number of carbonyl (C=O) groups excluding carboxylic acids is 2. The molecular formula is C19H23NO5. The van der Waals surface area contributed by atoms with Crippen LogP contribution in [-0.4, -0.2) is 25.0 Å². The van der Waals surface area contributed by atoms with Gasteiger partial charge in [-0.2, -0.15) is 0 Å².